The Labute approximate surface area is 102 Å². The Morgan fingerprint density at radius 2 is 2.29 bits per heavy atom. The largest absolute Gasteiger partial charge is 0.384 e. The van der Waals surface area contributed by atoms with Crippen molar-refractivity contribution in [3.8, 4) is 12.3 Å². The molecule has 0 saturated carbocycles. The number of benzene rings is 1. The summed E-state index contributed by atoms with van der Waals surface area (Å²) in [5.41, 5.74) is 2.36. The molecule has 0 saturated heterocycles. The number of fused-ring (bicyclic) bond motifs is 1. The number of rotatable bonds is 2. The third kappa shape index (κ3) is 2.42. The van der Waals surface area contributed by atoms with Gasteiger partial charge in [-0.25, -0.2) is 0 Å². The molecule has 2 rings (SSSR count). The van der Waals surface area contributed by atoms with Crippen molar-refractivity contribution in [2.24, 2.45) is 0 Å². The van der Waals surface area contributed by atoms with Gasteiger partial charge in [-0.2, -0.15) is 0 Å². The van der Waals surface area contributed by atoms with Gasteiger partial charge in [0.15, 0.2) is 0 Å². The van der Waals surface area contributed by atoms with Crippen molar-refractivity contribution in [1.82, 2.24) is 5.32 Å². The van der Waals surface area contributed by atoms with Crippen LogP contribution in [0.3, 0.4) is 0 Å². The van der Waals surface area contributed by atoms with E-state index in [0.29, 0.717) is 5.56 Å². The van der Waals surface area contributed by atoms with E-state index >= 15 is 0 Å². The minimum Gasteiger partial charge on any atom is -0.384 e. The lowest BCUT2D eigenvalue weighted by molar-refractivity contribution is 0.0930. The van der Waals surface area contributed by atoms with Gasteiger partial charge in [-0.15, -0.1) is 6.42 Å². The van der Waals surface area contributed by atoms with E-state index in [9.17, 15) is 4.79 Å². The van der Waals surface area contributed by atoms with Crippen molar-refractivity contribution in [2.45, 2.75) is 25.8 Å². The van der Waals surface area contributed by atoms with Gasteiger partial charge in [0, 0.05) is 17.8 Å². The van der Waals surface area contributed by atoms with Gasteiger partial charge in [0.2, 0.25) is 0 Å². The quantitative estimate of drug-likeness (QED) is 0.758. The number of carbonyl (C=O) groups excluding carboxylic acids is 1. The van der Waals surface area contributed by atoms with Gasteiger partial charge in [-0.3, -0.25) is 4.79 Å². The van der Waals surface area contributed by atoms with E-state index in [1.165, 1.54) is 5.56 Å². The second-order valence-electron chi connectivity index (χ2n) is 4.77. The first-order chi connectivity index (χ1) is 8.02. The smallest absolute Gasteiger partial charge is 0.252 e. The Balaban J connectivity index is 2.19. The summed E-state index contributed by atoms with van der Waals surface area (Å²) >= 11 is 0. The maximum absolute atomic E-state index is 12.0. The molecule has 3 nitrogen and oxygen atoms in total. The number of hydrogen-bond acceptors (Lipinski definition) is 2. The first-order valence-electron chi connectivity index (χ1n) is 5.69. The van der Waals surface area contributed by atoms with E-state index in [4.69, 9.17) is 6.42 Å². The molecule has 0 fully saturated rings. The Morgan fingerprint density at radius 1 is 1.53 bits per heavy atom. The molecule has 0 unspecified atom stereocenters. The number of terminal acetylenes is 1. The Morgan fingerprint density at radius 3 is 3.00 bits per heavy atom. The molecule has 88 valence electrons. The van der Waals surface area contributed by atoms with Gasteiger partial charge in [-0.1, -0.05) is 5.92 Å². The van der Waals surface area contributed by atoms with Gasteiger partial charge in [0.1, 0.15) is 0 Å². The minimum atomic E-state index is -0.617. The second-order valence-corrected chi connectivity index (χ2v) is 4.77. The van der Waals surface area contributed by atoms with E-state index in [-0.39, 0.29) is 5.91 Å². The van der Waals surface area contributed by atoms with Gasteiger partial charge in [0.25, 0.3) is 5.91 Å². The molecule has 1 aromatic carbocycles. The minimum absolute atomic E-state index is 0.123. The average molecular weight is 228 g/mol. The van der Waals surface area contributed by atoms with Crippen LogP contribution in [0.25, 0.3) is 0 Å². The molecule has 0 atom stereocenters. The highest BCUT2D eigenvalue weighted by atomic mass is 16.1. The van der Waals surface area contributed by atoms with Crippen LogP contribution < -0.4 is 10.6 Å². The number of carbonyl (C=O) groups is 1. The third-order valence-electron chi connectivity index (χ3n) is 2.86. The Hall–Kier alpha value is -1.95. The van der Waals surface area contributed by atoms with Gasteiger partial charge < -0.3 is 10.6 Å². The molecule has 3 heteroatoms. The van der Waals surface area contributed by atoms with Crippen LogP contribution in [0.5, 0.6) is 0 Å². The van der Waals surface area contributed by atoms with Crippen LogP contribution in [0.1, 0.15) is 29.8 Å². The van der Waals surface area contributed by atoms with Crippen molar-refractivity contribution >= 4 is 11.6 Å². The van der Waals surface area contributed by atoms with E-state index in [0.717, 1.165) is 18.7 Å². The lowest BCUT2D eigenvalue weighted by Gasteiger charge is -2.19. The summed E-state index contributed by atoms with van der Waals surface area (Å²) in [5, 5.41) is 6.08. The van der Waals surface area contributed by atoms with Crippen molar-refractivity contribution in [1.29, 1.82) is 0 Å². The van der Waals surface area contributed by atoms with Crippen molar-refractivity contribution in [3.63, 3.8) is 0 Å². The lowest BCUT2D eigenvalue weighted by Crippen LogP contribution is -2.42. The Bertz CT molecular complexity index is 497. The molecule has 2 N–H and O–H groups in total. The average Bonchev–Trinajstić information content (AvgIpc) is 2.75. The highest BCUT2D eigenvalue weighted by Crippen LogP contribution is 2.23. The van der Waals surface area contributed by atoms with Crippen LogP contribution in [0, 0.1) is 12.3 Å². The fraction of sp³-hybridized carbons (Fsp3) is 0.357. The van der Waals surface area contributed by atoms with Gasteiger partial charge in [0.05, 0.1) is 5.54 Å². The highest BCUT2D eigenvalue weighted by Gasteiger charge is 2.19. The maximum Gasteiger partial charge on any atom is 0.252 e. The zero-order valence-corrected chi connectivity index (χ0v) is 10.1. The molecule has 0 bridgehead atoms. The molecular formula is C14H16N2O. The molecule has 0 spiro atoms. The molecule has 0 aromatic heterocycles. The fourth-order valence-corrected chi connectivity index (χ4v) is 1.84. The normalized spacial score (nSPS) is 13.5. The SMILES string of the molecule is C#CC(C)(C)NC(=O)c1ccc2c(c1)CCN2. The van der Waals surface area contributed by atoms with E-state index in [2.05, 4.69) is 16.6 Å². The molecule has 1 heterocycles. The van der Waals surface area contributed by atoms with Crippen molar-refractivity contribution in [3.05, 3.63) is 29.3 Å². The lowest BCUT2D eigenvalue weighted by atomic mass is 10.0. The zero-order valence-electron chi connectivity index (χ0n) is 10.1. The van der Waals surface area contributed by atoms with E-state index in [1.54, 1.807) is 13.8 Å². The van der Waals surface area contributed by atoms with E-state index < -0.39 is 5.54 Å². The van der Waals surface area contributed by atoms with Crippen LogP contribution in [0.15, 0.2) is 18.2 Å². The van der Waals surface area contributed by atoms with Crippen molar-refractivity contribution < 1.29 is 4.79 Å². The van der Waals surface area contributed by atoms with Crippen LogP contribution in [0.2, 0.25) is 0 Å². The van der Waals surface area contributed by atoms with Crippen LogP contribution in [0.4, 0.5) is 5.69 Å². The van der Waals surface area contributed by atoms with E-state index in [1.807, 2.05) is 18.2 Å². The first-order valence-corrected chi connectivity index (χ1v) is 5.69. The fourth-order valence-electron chi connectivity index (χ4n) is 1.84. The molecule has 1 amide bonds. The van der Waals surface area contributed by atoms with Crippen molar-refractivity contribution in [2.75, 3.05) is 11.9 Å². The van der Waals surface area contributed by atoms with Gasteiger partial charge >= 0.3 is 0 Å². The molecule has 0 aliphatic carbocycles. The molecule has 1 aliphatic rings. The molecular weight excluding hydrogens is 212 g/mol. The maximum atomic E-state index is 12.0. The summed E-state index contributed by atoms with van der Waals surface area (Å²) in [6.45, 7) is 4.55. The zero-order chi connectivity index (χ0) is 12.5. The highest BCUT2D eigenvalue weighted by molar-refractivity contribution is 5.95. The third-order valence-corrected chi connectivity index (χ3v) is 2.86. The summed E-state index contributed by atoms with van der Waals surface area (Å²) in [6, 6.07) is 5.69. The van der Waals surface area contributed by atoms with Gasteiger partial charge in [-0.05, 0) is 44.0 Å². The number of anilines is 1. The summed E-state index contributed by atoms with van der Waals surface area (Å²) in [6.07, 6.45) is 6.32. The van der Waals surface area contributed by atoms with Crippen LogP contribution in [-0.2, 0) is 6.42 Å². The summed E-state index contributed by atoms with van der Waals surface area (Å²) in [7, 11) is 0. The second kappa shape index (κ2) is 4.14. The number of amides is 1. The summed E-state index contributed by atoms with van der Waals surface area (Å²) < 4.78 is 0. The molecule has 1 aliphatic heterocycles. The number of nitrogens with one attached hydrogen (secondary N) is 2. The Kier molecular flexibility index (Phi) is 2.81. The molecule has 17 heavy (non-hydrogen) atoms. The van der Waals surface area contributed by atoms with Crippen LogP contribution in [-0.4, -0.2) is 18.0 Å². The monoisotopic (exact) mass is 228 g/mol. The topological polar surface area (TPSA) is 41.1 Å². The first kappa shape index (κ1) is 11.5. The van der Waals surface area contributed by atoms with Crippen LogP contribution >= 0.6 is 0 Å². The summed E-state index contributed by atoms with van der Waals surface area (Å²) in [5.74, 6) is 2.43. The summed E-state index contributed by atoms with van der Waals surface area (Å²) in [4.78, 5) is 12.0. The standard InChI is InChI=1S/C14H16N2O/c1-4-14(2,3)16-13(17)11-5-6-12-10(9-11)7-8-15-12/h1,5-6,9,15H,7-8H2,2-3H3,(H,16,17). The molecule has 0 radical (unpaired) electrons. The molecule has 1 aromatic rings. The number of hydrogen-bond donors (Lipinski definition) is 2. The predicted molar refractivity (Wildman–Crippen MR) is 69.0 cm³/mol. The predicted octanol–water partition coefficient (Wildman–Crippen LogP) is 1.80.